The molecule has 0 radical (unpaired) electrons. The first-order valence-corrected chi connectivity index (χ1v) is 7.63. The molecule has 0 amide bonds. The summed E-state index contributed by atoms with van der Waals surface area (Å²) < 4.78 is 6.26. The molecule has 0 saturated heterocycles. The fraction of sp³-hybridized carbons (Fsp3) is 0.250. The summed E-state index contributed by atoms with van der Waals surface area (Å²) in [4.78, 5) is 0. The zero-order chi connectivity index (χ0) is 14.4. The first kappa shape index (κ1) is 15.4. The van der Waals surface area contributed by atoms with E-state index in [9.17, 15) is 0 Å². The first-order valence-electron chi connectivity index (χ1n) is 6.46. The number of methoxy groups -OCH3 is 1. The number of benzene rings is 2. The van der Waals surface area contributed by atoms with Gasteiger partial charge in [-0.3, -0.25) is 0 Å². The Hall–Kier alpha value is -1.03. The quantitative estimate of drug-likeness (QED) is 0.774. The minimum atomic E-state index is 0.747. The summed E-state index contributed by atoms with van der Waals surface area (Å²) in [7, 11) is 1.69. The van der Waals surface area contributed by atoms with Gasteiger partial charge in [0.05, 0.1) is 7.11 Å². The van der Waals surface area contributed by atoms with Crippen LogP contribution in [-0.2, 0) is 13.0 Å². The molecule has 0 bridgehead atoms. The smallest absolute Gasteiger partial charge is 0.119 e. The molecule has 20 heavy (non-hydrogen) atoms. The fourth-order valence-electron chi connectivity index (χ4n) is 1.95. The van der Waals surface area contributed by atoms with Crippen LogP contribution >= 0.6 is 27.5 Å². The van der Waals surface area contributed by atoms with E-state index in [2.05, 4.69) is 33.4 Å². The first-order chi connectivity index (χ1) is 9.69. The molecular formula is C16H17BrClNO. The number of nitrogens with one attached hydrogen (secondary N) is 1. The number of rotatable bonds is 6. The molecule has 1 N–H and O–H groups in total. The molecule has 2 rings (SSSR count). The third-order valence-corrected chi connectivity index (χ3v) is 4.03. The third kappa shape index (κ3) is 4.51. The van der Waals surface area contributed by atoms with Gasteiger partial charge in [0.2, 0.25) is 0 Å². The van der Waals surface area contributed by atoms with Crippen LogP contribution in [0, 0.1) is 0 Å². The topological polar surface area (TPSA) is 21.3 Å². The molecule has 0 aliphatic heterocycles. The second-order valence-corrected chi connectivity index (χ2v) is 5.80. The molecule has 2 nitrogen and oxygen atoms in total. The van der Waals surface area contributed by atoms with Crippen LogP contribution in [0.15, 0.2) is 46.9 Å². The Kier molecular flexibility index (Phi) is 5.89. The van der Waals surface area contributed by atoms with Gasteiger partial charge in [-0.25, -0.2) is 0 Å². The standard InChI is InChI=1S/C16H17BrClNO/c1-20-15-4-2-3-12(9-15)7-8-19-11-13-5-6-14(18)10-16(13)17/h2-6,9-10,19H,7-8,11H2,1H3. The zero-order valence-electron chi connectivity index (χ0n) is 11.3. The van der Waals surface area contributed by atoms with Gasteiger partial charge in [0.15, 0.2) is 0 Å². The van der Waals surface area contributed by atoms with E-state index in [0.29, 0.717) is 0 Å². The van der Waals surface area contributed by atoms with Crippen molar-refractivity contribution in [2.24, 2.45) is 0 Å². The van der Waals surface area contributed by atoms with E-state index in [-0.39, 0.29) is 0 Å². The fourth-order valence-corrected chi connectivity index (χ4v) is 2.77. The van der Waals surface area contributed by atoms with Crippen molar-refractivity contribution in [1.82, 2.24) is 5.32 Å². The predicted octanol–water partition coefficient (Wildman–Crippen LogP) is 4.44. The van der Waals surface area contributed by atoms with Crippen molar-refractivity contribution >= 4 is 27.5 Å². The highest BCUT2D eigenvalue weighted by Crippen LogP contribution is 2.21. The lowest BCUT2D eigenvalue weighted by atomic mass is 10.1. The summed E-state index contributed by atoms with van der Waals surface area (Å²) in [5.74, 6) is 0.906. The van der Waals surface area contributed by atoms with E-state index in [1.165, 1.54) is 11.1 Å². The van der Waals surface area contributed by atoms with Gasteiger partial charge in [0.1, 0.15) is 5.75 Å². The molecule has 0 saturated carbocycles. The number of hydrogen-bond donors (Lipinski definition) is 1. The Labute approximate surface area is 133 Å². The van der Waals surface area contributed by atoms with Crippen LogP contribution in [-0.4, -0.2) is 13.7 Å². The van der Waals surface area contributed by atoms with E-state index < -0.39 is 0 Å². The Morgan fingerprint density at radius 2 is 2.05 bits per heavy atom. The lowest BCUT2D eigenvalue weighted by Gasteiger charge is -2.08. The molecule has 0 spiro atoms. The van der Waals surface area contributed by atoms with Crippen molar-refractivity contribution in [3.8, 4) is 5.75 Å². The molecule has 106 valence electrons. The van der Waals surface area contributed by atoms with Gasteiger partial charge < -0.3 is 10.1 Å². The minimum Gasteiger partial charge on any atom is -0.497 e. The maximum absolute atomic E-state index is 5.92. The summed E-state index contributed by atoms with van der Waals surface area (Å²) in [6, 6.07) is 14.0. The molecule has 0 aliphatic rings. The van der Waals surface area contributed by atoms with Crippen LogP contribution in [0.2, 0.25) is 5.02 Å². The van der Waals surface area contributed by atoms with Gasteiger partial charge in [-0.2, -0.15) is 0 Å². The van der Waals surface area contributed by atoms with Crippen molar-refractivity contribution in [3.05, 3.63) is 63.1 Å². The predicted molar refractivity (Wildman–Crippen MR) is 87.6 cm³/mol. The van der Waals surface area contributed by atoms with Crippen molar-refractivity contribution in [1.29, 1.82) is 0 Å². The SMILES string of the molecule is COc1cccc(CCNCc2ccc(Cl)cc2Br)c1. The molecular weight excluding hydrogens is 338 g/mol. The van der Waals surface area contributed by atoms with Crippen molar-refractivity contribution in [2.45, 2.75) is 13.0 Å². The molecule has 0 aromatic heterocycles. The largest absolute Gasteiger partial charge is 0.497 e. The van der Waals surface area contributed by atoms with Crippen molar-refractivity contribution in [3.63, 3.8) is 0 Å². The van der Waals surface area contributed by atoms with E-state index in [1.807, 2.05) is 30.3 Å². The van der Waals surface area contributed by atoms with Crippen molar-refractivity contribution in [2.75, 3.05) is 13.7 Å². The lowest BCUT2D eigenvalue weighted by molar-refractivity contribution is 0.414. The lowest BCUT2D eigenvalue weighted by Crippen LogP contribution is -2.16. The molecule has 0 aliphatic carbocycles. The highest BCUT2D eigenvalue weighted by atomic mass is 79.9. The van der Waals surface area contributed by atoms with E-state index in [1.54, 1.807) is 7.11 Å². The van der Waals surface area contributed by atoms with E-state index in [0.717, 1.165) is 34.8 Å². The van der Waals surface area contributed by atoms with Crippen LogP contribution in [0.1, 0.15) is 11.1 Å². The van der Waals surface area contributed by atoms with Crippen LogP contribution in [0.4, 0.5) is 0 Å². The molecule has 2 aromatic rings. The normalized spacial score (nSPS) is 10.6. The molecule has 0 heterocycles. The molecule has 4 heteroatoms. The van der Waals surface area contributed by atoms with Crippen LogP contribution in [0.5, 0.6) is 5.75 Å². The van der Waals surface area contributed by atoms with Crippen molar-refractivity contribution < 1.29 is 4.74 Å². The van der Waals surface area contributed by atoms with Gasteiger partial charge in [0.25, 0.3) is 0 Å². The van der Waals surface area contributed by atoms with Crippen LogP contribution < -0.4 is 10.1 Å². The summed E-state index contributed by atoms with van der Waals surface area (Å²) in [5.41, 5.74) is 2.48. The van der Waals surface area contributed by atoms with Gasteiger partial charge in [-0.1, -0.05) is 45.7 Å². The number of ether oxygens (including phenoxy) is 1. The Balaban J connectivity index is 1.81. The second kappa shape index (κ2) is 7.67. The second-order valence-electron chi connectivity index (χ2n) is 4.51. The molecule has 2 aromatic carbocycles. The molecule has 0 unspecified atom stereocenters. The molecule has 0 atom stereocenters. The Bertz CT molecular complexity index is 574. The zero-order valence-corrected chi connectivity index (χ0v) is 13.7. The average Bonchev–Trinajstić information content (AvgIpc) is 2.45. The maximum Gasteiger partial charge on any atom is 0.119 e. The molecule has 0 fully saturated rings. The highest BCUT2D eigenvalue weighted by molar-refractivity contribution is 9.10. The summed E-state index contributed by atoms with van der Waals surface area (Å²) in [6.45, 7) is 1.74. The van der Waals surface area contributed by atoms with Gasteiger partial charge in [-0.05, 0) is 48.4 Å². The summed E-state index contributed by atoms with van der Waals surface area (Å²) in [6.07, 6.45) is 0.975. The number of hydrogen-bond acceptors (Lipinski definition) is 2. The van der Waals surface area contributed by atoms with E-state index in [4.69, 9.17) is 16.3 Å². The minimum absolute atomic E-state index is 0.747. The van der Waals surface area contributed by atoms with Gasteiger partial charge in [-0.15, -0.1) is 0 Å². The summed E-state index contributed by atoms with van der Waals surface area (Å²) >= 11 is 9.45. The maximum atomic E-state index is 5.92. The Morgan fingerprint density at radius 1 is 1.20 bits per heavy atom. The van der Waals surface area contributed by atoms with E-state index >= 15 is 0 Å². The number of halogens is 2. The van der Waals surface area contributed by atoms with Crippen LogP contribution in [0.25, 0.3) is 0 Å². The average molecular weight is 355 g/mol. The van der Waals surface area contributed by atoms with Gasteiger partial charge in [0, 0.05) is 16.0 Å². The highest BCUT2D eigenvalue weighted by Gasteiger charge is 2.01. The van der Waals surface area contributed by atoms with Crippen LogP contribution in [0.3, 0.4) is 0 Å². The Morgan fingerprint density at radius 3 is 2.80 bits per heavy atom. The third-order valence-electron chi connectivity index (χ3n) is 3.06. The van der Waals surface area contributed by atoms with Gasteiger partial charge >= 0.3 is 0 Å². The summed E-state index contributed by atoms with van der Waals surface area (Å²) in [5, 5.41) is 4.18. The monoisotopic (exact) mass is 353 g/mol.